The second-order valence-corrected chi connectivity index (χ2v) is 2.90. The third-order valence-electron chi connectivity index (χ3n) is 0.927. The fourth-order valence-corrected chi connectivity index (χ4v) is 1.16. The third kappa shape index (κ3) is 1.80. The molecular weight excluding hydrogens is 148 g/mol. The van der Waals surface area contributed by atoms with Crippen molar-refractivity contribution in [3.63, 3.8) is 0 Å². The molecule has 0 bridgehead atoms. The molecule has 1 radical (unpaired) electrons. The van der Waals surface area contributed by atoms with Gasteiger partial charge in [0.2, 0.25) is 5.91 Å². The fourth-order valence-electron chi connectivity index (χ4n) is 0.592. The molecule has 10 heavy (non-hydrogen) atoms. The number of hydrogen-bond acceptors (Lipinski definition) is 3. The topological polar surface area (TPSA) is 56.0 Å². The highest BCUT2D eigenvalue weighted by Crippen LogP contribution is 2.08. The Hall–Kier alpha value is -0.900. The molecule has 0 saturated carbocycles. The maximum atomic E-state index is 10.3. The van der Waals surface area contributed by atoms with Crippen molar-refractivity contribution < 1.29 is 4.79 Å². The number of aryl methyl sites for hydroxylation is 1. The van der Waals surface area contributed by atoms with Crippen molar-refractivity contribution >= 4 is 17.2 Å². The Morgan fingerprint density at radius 3 is 3.00 bits per heavy atom. The molecule has 0 aromatic carbocycles. The molecule has 3 nitrogen and oxygen atoms in total. The predicted molar refractivity (Wildman–Crippen MR) is 39.4 cm³/mol. The third-order valence-corrected chi connectivity index (χ3v) is 1.72. The van der Waals surface area contributed by atoms with E-state index in [9.17, 15) is 4.79 Å². The molecule has 0 spiro atoms. The van der Waals surface area contributed by atoms with Crippen LogP contribution in [0.1, 0.15) is 10.7 Å². The van der Waals surface area contributed by atoms with Gasteiger partial charge in [-0.15, -0.1) is 11.3 Å². The highest BCUT2D eigenvalue weighted by molar-refractivity contribution is 7.09. The van der Waals surface area contributed by atoms with E-state index in [1.807, 2.05) is 6.92 Å². The molecule has 0 unspecified atom stereocenters. The van der Waals surface area contributed by atoms with E-state index in [1.54, 1.807) is 5.38 Å². The van der Waals surface area contributed by atoms with Gasteiger partial charge in [-0.2, -0.15) is 0 Å². The summed E-state index contributed by atoms with van der Waals surface area (Å²) in [7, 11) is 0. The van der Waals surface area contributed by atoms with Crippen LogP contribution in [0, 0.1) is 13.3 Å². The Balaban J connectivity index is 2.67. The van der Waals surface area contributed by atoms with Gasteiger partial charge in [-0.3, -0.25) is 4.79 Å². The Morgan fingerprint density at radius 2 is 2.60 bits per heavy atom. The summed E-state index contributed by atoms with van der Waals surface area (Å²) in [5.41, 5.74) is 5.55. The summed E-state index contributed by atoms with van der Waals surface area (Å²) in [4.78, 5) is 14.3. The predicted octanol–water partition coefficient (Wildman–Crippen LogP) is 0.489. The molecule has 1 aromatic heterocycles. The van der Waals surface area contributed by atoms with E-state index in [1.165, 1.54) is 17.8 Å². The van der Waals surface area contributed by atoms with Crippen LogP contribution >= 0.6 is 11.3 Å². The van der Waals surface area contributed by atoms with E-state index in [2.05, 4.69) is 4.98 Å². The highest BCUT2D eigenvalue weighted by atomic mass is 32.1. The first-order chi connectivity index (χ1) is 4.68. The highest BCUT2D eigenvalue weighted by Gasteiger charge is 2.01. The molecule has 53 valence electrons. The second kappa shape index (κ2) is 2.79. The van der Waals surface area contributed by atoms with Gasteiger partial charge >= 0.3 is 0 Å². The Labute approximate surface area is 62.9 Å². The first kappa shape index (κ1) is 7.21. The zero-order chi connectivity index (χ0) is 7.56. The molecule has 0 saturated heterocycles. The van der Waals surface area contributed by atoms with E-state index in [0.717, 1.165) is 5.01 Å². The Bertz CT molecular complexity index is 244. The maximum absolute atomic E-state index is 10.3. The molecule has 1 amide bonds. The average molecular weight is 155 g/mol. The standard InChI is InChI=1S/C6H7N2OS/c1-4-8-5(3-10-4)2-6(7)9/h2-3H,1H3,(H2,7,9). The van der Waals surface area contributed by atoms with Gasteiger partial charge in [0.05, 0.1) is 17.1 Å². The summed E-state index contributed by atoms with van der Waals surface area (Å²) in [6.45, 7) is 1.88. The van der Waals surface area contributed by atoms with Gasteiger partial charge in [0.1, 0.15) is 0 Å². The smallest absolute Gasteiger partial charge is 0.227 e. The van der Waals surface area contributed by atoms with Gasteiger partial charge in [-0.25, -0.2) is 4.98 Å². The molecule has 1 heterocycles. The van der Waals surface area contributed by atoms with Crippen LogP contribution in [0.25, 0.3) is 0 Å². The number of amides is 1. The number of primary amides is 1. The number of rotatable bonds is 2. The molecule has 0 fully saturated rings. The average Bonchev–Trinajstić information content (AvgIpc) is 2.13. The van der Waals surface area contributed by atoms with Gasteiger partial charge in [0.15, 0.2) is 0 Å². The molecule has 1 rings (SSSR count). The minimum atomic E-state index is -0.453. The van der Waals surface area contributed by atoms with Gasteiger partial charge in [0.25, 0.3) is 0 Å². The lowest BCUT2D eigenvalue weighted by molar-refractivity contribution is -0.114. The Kier molecular flexibility index (Phi) is 2.01. The zero-order valence-corrected chi connectivity index (χ0v) is 6.31. The lowest BCUT2D eigenvalue weighted by Gasteiger charge is -1.85. The number of nitrogens with zero attached hydrogens (tertiary/aromatic N) is 1. The van der Waals surface area contributed by atoms with E-state index >= 15 is 0 Å². The lowest BCUT2D eigenvalue weighted by atomic mass is 10.3. The zero-order valence-electron chi connectivity index (χ0n) is 5.50. The first-order valence-corrected chi connectivity index (χ1v) is 3.63. The summed E-state index contributed by atoms with van der Waals surface area (Å²) in [5, 5.41) is 2.73. The van der Waals surface area contributed by atoms with Crippen molar-refractivity contribution in [2.45, 2.75) is 6.92 Å². The molecule has 0 atom stereocenters. The van der Waals surface area contributed by atoms with E-state index in [4.69, 9.17) is 5.73 Å². The van der Waals surface area contributed by atoms with Gasteiger partial charge < -0.3 is 5.73 Å². The number of hydrogen-bond donors (Lipinski definition) is 1. The van der Waals surface area contributed by atoms with E-state index < -0.39 is 5.91 Å². The van der Waals surface area contributed by atoms with Gasteiger partial charge in [0, 0.05) is 5.38 Å². The van der Waals surface area contributed by atoms with Crippen molar-refractivity contribution in [3.8, 4) is 0 Å². The van der Waals surface area contributed by atoms with Crippen LogP contribution in [0.15, 0.2) is 5.38 Å². The first-order valence-electron chi connectivity index (χ1n) is 2.75. The lowest BCUT2D eigenvalue weighted by Crippen LogP contribution is -2.11. The number of aromatic nitrogens is 1. The molecular formula is C6H7N2OS. The quantitative estimate of drug-likeness (QED) is 0.675. The van der Waals surface area contributed by atoms with Crippen molar-refractivity contribution in [2.24, 2.45) is 5.73 Å². The molecule has 0 aliphatic heterocycles. The van der Waals surface area contributed by atoms with Crippen molar-refractivity contribution in [1.82, 2.24) is 4.98 Å². The molecule has 2 N–H and O–H groups in total. The summed E-state index contributed by atoms with van der Waals surface area (Å²) in [6, 6.07) is 0. The van der Waals surface area contributed by atoms with Crippen LogP contribution in [0.3, 0.4) is 0 Å². The fraction of sp³-hybridized carbons (Fsp3) is 0.167. The second-order valence-electron chi connectivity index (χ2n) is 1.84. The maximum Gasteiger partial charge on any atom is 0.227 e. The summed E-state index contributed by atoms with van der Waals surface area (Å²) < 4.78 is 0. The van der Waals surface area contributed by atoms with Crippen LogP contribution in [0.4, 0.5) is 0 Å². The van der Waals surface area contributed by atoms with Crippen LogP contribution in [0.5, 0.6) is 0 Å². The largest absolute Gasteiger partial charge is 0.369 e. The van der Waals surface area contributed by atoms with Gasteiger partial charge in [-0.1, -0.05) is 0 Å². The van der Waals surface area contributed by atoms with E-state index in [-0.39, 0.29) is 0 Å². The van der Waals surface area contributed by atoms with Crippen molar-refractivity contribution in [1.29, 1.82) is 0 Å². The summed E-state index contributed by atoms with van der Waals surface area (Å²) in [6.07, 6.45) is 1.31. The molecule has 0 aliphatic rings. The van der Waals surface area contributed by atoms with Gasteiger partial charge in [-0.05, 0) is 6.92 Å². The molecule has 1 aromatic rings. The summed E-state index contributed by atoms with van der Waals surface area (Å²) in [5.74, 6) is -0.453. The molecule has 4 heteroatoms. The minimum absolute atomic E-state index is 0.453. The molecule has 0 aliphatic carbocycles. The number of thiazole rings is 1. The monoisotopic (exact) mass is 155 g/mol. The normalized spacial score (nSPS) is 9.70. The number of carbonyl (C=O) groups is 1. The number of nitrogens with two attached hydrogens (primary N) is 1. The number of carbonyl (C=O) groups excluding carboxylic acids is 1. The van der Waals surface area contributed by atoms with Crippen LogP contribution in [-0.2, 0) is 4.79 Å². The van der Waals surface area contributed by atoms with Crippen LogP contribution in [-0.4, -0.2) is 10.9 Å². The van der Waals surface area contributed by atoms with Crippen molar-refractivity contribution in [2.75, 3.05) is 0 Å². The Morgan fingerprint density at radius 1 is 1.90 bits per heavy atom. The van der Waals surface area contributed by atoms with Crippen LogP contribution < -0.4 is 5.73 Å². The van der Waals surface area contributed by atoms with E-state index in [0.29, 0.717) is 5.69 Å². The van der Waals surface area contributed by atoms with Crippen molar-refractivity contribution in [3.05, 3.63) is 22.5 Å². The summed E-state index contributed by atoms with van der Waals surface area (Å²) >= 11 is 1.50. The van der Waals surface area contributed by atoms with Crippen LogP contribution in [0.2, 0.25) is 0 Å². The SMILES string of the molecule is Cc1nc([CH]C(N)=O)cs1. The minimum Gasteiger partial charge on any atom is -0.369 e.